The average Bonchev–Trinajstić information content (AvgIpc) is 3.48. The molecule has 0 spiro atoms. The van der Waals surface area contributed by atoms with E-state index in [9.17, 15) is 0 Å². The highest BCUT2D eigenvalue weighted by Crippen LogP contribution is 2.55. The molecule has 0 N–H and O–H groups in total. The Hall–Kier alpha value is -5.40. The number of fused-ring (bicyclic) bond motifs is 7. The molecule has 226 valence electrons. The van der Waals surface area contributed by atoms with Gasteiger partial charge in [-0.2, -0.15) is 0 Å². The van der Waals surface area contributed by atoms with Crippen molar-refractivity contribution in [3.8, 4) is 33.4 Å². The second-order valence-electron chi connectivity index (χ2n) is 14.2. The molecule has 0 unspecified atom stereocenters. The third-order valence-electron chi connectivity index (χ3n) is 10.8. The Morgan fingerprint density at radius 1 is 0.383 bits per heavy atom. The maximum atomic E-state index is 2.51. The Balaban J connectivity index is 1.32. The van der Waals surface area contributed by atoms with Crippen LogP contribution in [0.4, 0.5) is 17.1 Å². The third kappa shape index (κ3) is 3.96. The van der Waals surface area contributed by atoms with Gasteiger partial charge in [0.2, 0.25) is 0 Å². The van der Waals surface area contributed by atoms with Gasteiger partial charge < -0.3 is 4.90 Å². The van der Waals surface area contributed by atoms with Crippen LogP contribution in [0.2, 0.25) is 0 Å². The Morgan fingerprint density at radius 3 is 1.68 bits per heavy atom. The highest BCUT2D eigenvalue weighted by molar-refractivity contribution is 6.02. The number of hydrogen-bond acceptors (Lipinski definition) is 1. The van der Waals surface area contributed by atoms with Crippen molar-refractivity contribution < 1.29 is 0 Å². The van der Waals surface area contributed by atoms with Gasteiger partial charge in [0.25, 0.3) is 0 Å². The maximum absolute atomic E-state index is 2.51. The predicted molar refractivity (Wildman–Crippen MR) is 199 cm³/mol. The molecule has 0 fully saturated rings. The topological polar surface area (TPSA) is 3.24 Å². The summed E-state index contributed by atoms with van der Waals surface area (Å²) in [5.74, 6) is 0. The average molecular weight is 604 g/mol. The number of hydrogen-bond donors (Lipinski definition) is 0. The zero-order chi connectivity index (χ0) is 31.9. The fourth-order valence-electron chi connectivity index (χ4n) is 8.61. The number of para-hydroxylation sites is 1. The molecule has 0 bridgehead atoms. The van der Waals surface area contributed by atoms with E-state index in [-0.39, 0.29) is 10.8 Å². The summed E-state index contributed by atoms with van der Waals surface area (Å²) >= 11 is 0. The first-order valence-corrected chi connectivity index (χ1v) is 16.7. The van der Waals surface area contributed by atoms with Crippen LogP contribution in [0.15, 0.2) is 152 Å². The largest absolute Gasteiger partial charge is 0.309 e. The van der Waals surface area contributed by atoms with E-state index in [1.54, 1.807) is 0 Å². The van der Waals surface area contributed by atoms with Crippen molar-refractivity contribution in [1.82, 2.24) is 0 Å². The van der Waals surface area contributed by atoms with Gasteiger partial charge in [0.15, 0.2) is 0 Å². The summed E-state index contributed by atoms with van der Waals surface area (Å²) in [7, 11) is 0. The first kappa shape index (κ1) is 27.9. The molecule has 47 heavy (non-hydrogen) atoms. The minimum absolute atomic E-state index is 0.0953. The summed E-state index contributed by atoms with van der Waals surface area (Å²) in [5.41, 5.74) is 16.8. The van der Waals surface area contributed by atoms with E-state index in [1.807, 2.05) is 0 Å². The molecule has 7 aromatic rings. The van der Waals surface area contributed by atoms with Crippen LogP contribution in [0.1, 0.15) is 49.9 Å². The quantitative estimate of drug-likeness (QED) is 0.193. The van der Waals surface area contributed by atoms with Gasteiger partial charge in [-0.05, 0) is 79.7 Å². The van der Waals surface area contributed by atoms with Crippen molar-refractivity contribution in [3.05, 3.63) is 174 Å². The van der Waals surface area contributed by atoms with E-state index in [0.717, 1.165) is 0 Å². The lowest BCUT2D eigenvalue weighted by Crippen LogP contribution is -2.18. The highest BCUT2D eigenvalue weighted by Gasteiger charge is 2.39. The first-order chi connectivity index (χ1) is 22.9. The zero-order valence-electron chi connectivity index (χ0n) is 27.4. The van der Waals surface area contributed by atoms with Crippen molar-refractivity contribution in [2.24, 2.45) is 0 Å². The molecule has 0 aliphatic heterocycles. The summed E-state index contributed by atoms with van der Waals surface area (Å²) in [6.07, 6.45) is 0. The van der Waals surface area contributed by atoms with E-state index in [4.69, 9.17) is 0 Å². The molecular formula is C46H37N. The van der Waals surface area contributed by atoms with Gasteiger partial charge in [-0.1, -0.05) is 155 Å². The Bertz CT molecular complexity index is 2370. The standard InChI is InChI=1S/C46H37N/c1-45(2)39-23-10-7-18-33(39)35-28-27-31(29-41(35)45)47(42-26-13-16-30-15-5-6-17-32(30)42)43-25-12-9-20-36(43)38-22-14-21-37-34-19-8-11-24-40(34)46(3,4)44(37)38/h5-29H,1-4H3. The number of anilines is 3. The smallest absolute Gasteiger partial charge is 0.0540 e. The second-order valence-corrected chi connectivity index (χ2v) is 14.2. The fourth-order valence-corrected chi connectivity index (χ4v) is 8.61. The van der Waals surface area contributed by atoms with Crippen molar-refractivity contribution in [3.63, 3.8) is 0 Å². The molecule has 9 rings (SSSR count). The SMILES string of the molecule is CC1(C)c2ccccc2-c2ccc(N(c3ccccc3-c3cccc4c3C(C)(C)c3ccccc3-4)c3cccc4ccccc34)cc21. The highest BCUT2D eigenvalue weighted by atomic mass is 15.1. The minimum Gasteiger partial charge on any atom is -0.309 e. The lowest BCUT2D eigenvalue weighted by atomic mass is 9.78. The molecule has 1 heteroatoms. The Labute approximate surface area is 277 Å². The van der Waals surface area contributed by atoms with Crippen LogP contribution in [0, 0.1) is 0 Å². The molecule has 0 atom stereocenters. The molecule has 7 aromatic carbocycles. The van der Waals surface area contributed by atoms with Crippen molar-refractivity contribution >= 4 is 27.8 Å². The van der Waals surface area contributed by atoms with Gasteiger partial charge in [0.05, 0.1) is 11.4 Å². The first-order valence-electron chi connectivity index (χ1n) is 16.7. The number of rotatable bonds is 4. The number of nitrogens with zero attached hydrogens (tertiary/aromatic N) is 1. The Kier molecular flexibility index (Phi) is 5.96. The maximum Gasteiger partial charge on any atom is 0.0540 e. The predicted octanol–water partition coefficient (Wildman–Crippen LogP) is 12.6. The van der Waals surface area contributed by atoms with E-state index < -0.39 is 0 Å². The van der Waals surface area contributed by atoms with Gasteiger partial charge in [-0.15, -0.1) is 0 Å². The van der Waals surface area contributed by atoms with Crippen molar-refractivity contribution in [2.75, 3.05) is 4.90 Å². The number of benzene rings is 7. The van der Waals surface area contributed by atoms with Crippen LogP contribution >= 0.6 is 0 Å². The molecule has 0 radical (unpaired) electrons. The van der Waals surface area contributed by atoms with Gasteiger partial charge in [0, 0.05) is 27.5 Å². The molecule has 0 heterocycles. The van der Waals surface area contributed by atoms with E-state index >= 15 is 0 Å². The Morgan fingerprint density at radius 2 is 0.894 bits per heavy atom. The summed E-state index contributed by atoms with van der Waals surface area (Å²) in [6, 6.07) is 56.3. The molecule has 0 aromatic heterocycles. The molecule has 0 saturated carbocycles. The minimum atomic E-state index is -0.122. The monoisotopic (exact) mass is 603 g/mol. The third-order valence-corrected chi connectivity index (χ3v) is 10.8. The van der Waals surface area contributed by atoms with Crippen LogP contribution < -0.4 is 4.90 Å². The normalized spacial score (nSPS) is 14.7. The van der Waals surface area contributed by atoms with Crippen molar-refractivity contribution in [2.45, 2.75) is 38.5 Å². The van der Waals surface area contributed by atoms with Gasteiger partial charge in [0.1, 0.15) is 0 Å². The van der Waals surface area contributed by atoms with Crippen LogP contribution in [-0.4, -0.2) is 0 Å². The summed E-state index contributed by atoms with van der Waals surface area (Å²) in [4.78, 5) is 2.51. The molecule has 2 aliphatic rings. The van der Waals surface area contributed by atoms with E-state index in [2.05, 4.69) is 184 Å². The summed E-state index contributed by atoms with van der Waals surface area (Å²) in [6.45, 7) is 9.49. The van der Waals surface area contributed by atoms with E-state index in [1.165, 1.54) is 83.5 Å². The molecular weight excluding hydrogens is 567 g/mol. The molecule has 0 saturated heterocycles. The van der Waals surface area contributed by atoms with Crippen LogP contribution in [-0.2, 0) is 10.8 Å². The van der Waals surface area contributed by atoms with Crippen LogP contribution in [0.5, 0.6) is 0 Å². The molecule has 2 aliphatic carbocycles. The van der Waals surface area contributed by atoms with Crippen LogP contribution in [0.25, 0.3) is 44.2 Å². The van der Waals surface area contributed by atoms with Crippen LogP contribution in [0.3, 0.4) is 0 Å². The lowest BCUT2D eigenvalue weighted by molar-refractivity contribution is 0.660. The zero-order valence-corrected chi connectivity index (χ0v) is 27.4. The lowest BCUT2D eigenvalue weighted by Gasteiger charge is -2.32. The summed E-state index contributed by atoms with van der Waals surface area (Å²) < 4.78 is 0. The van der Waals surface area contributed by atoms with Crippen molar-refractivity contribution in [1.29, 1.82) is 0 Å². The molecule has 1 nitrogen and oxygen atoms in total. The van der Waals surface area contributed by atoms with Gasteiger partial charge in [-0.25, -0.2) is 0 Å². The fraction of sp³-hybridized carbons (Fsp3) is 0.130. The van der Waals surface area contributed by atoms with E-state index in [0.29, 0.717) is 0 Å². The van der Waals surface area contributed by atoms with Gasteiger partial charge >= 0.3 is 0 Å². The van der Waals surface area contributed by atoms with Gasteiger partial charge in [-0.3, -0.25) is 0 Å². The summed E-state index contributed by atoms with van der Waals surface area (Å²) in [5, 5.41) is 2.47. The molecule has 0 amide bonds. The second kappa shape index (κ2) is 10.0.